The summed E-state index contributed by atoms with van der Waals surface area (Å²) in [5, 5.41) is 2.58. The summed E-state index contributed by atoms with van der Waals surface area (Å²) >= 11 is 5.13. The second-order valence-electron chi connectivity index (χ2n) is 5.27. The number of rotatable bonds is 2. The van der Waals surface area contributed by atoms with Crippen molar-refractivity contribution in [2.75, 3.05) is 5.73 Å². The Kier molecular flexibility index (Phi) is 4.26. The van der Waals surface area contributed by atoms with Gasteiger partial charge in [-0.1, -0.05) is 25.1 Å². The fraction of sp³-hybridized carbons (Fsp3) is 0.538. The highest BCUT2D eigenvalue weighted by atomic mass is 32.1. The van der Waals surface area contributed by atoms with E-state index >= 15 is 0 Å². The average molecular weight is 310 g/mol. The van der Waals surface area contributed by atoms with Crippen LogP contribution in [0, 0.1) is 5.92 Å². The molecule has 1 aliphatic carbocycles. The van der Waals surface area contributed by atoms with Crippen LogP contribution >= 0.6 is 12.2 Å². The zero-order valence-corrected chi connectivity index (χ0v) is 12.8. The Labute approximate surface area is 126 Å². The average Bonchev–Trinajstić information content (AvgIpc) is 2.97. The Morgan fingerprint density at radius 2 is 1.81 bits per heavy atom. The molecule has 7 nitrogen and oxygen atoms in total. The van der Waals surface area contributed by atoms with Crippen LogP contribution in [0.25, 0.3) is 0 Å². The summed E-state index contributed by atoms with van der Waals surface area (Å²) in [5.41, 5.74) is 4.64. The molecule has 1 aromatic rings. The Balaban J connectivity index is 2.34. The number of nitrogens with one attached hydrogen (secondary N) is 1. The number of nitrogen functional groups attached to an aromatic ring is 1. The summed E-state index contributed by atoms with van der Waals surface area (Å²) in [4.78, 5) is 35.9. The fourth-order valence-electron chi connectivity index (χ4n) is 2.54. The van der Waals surface area contributed by atoms with Crippen LogP contribution in [0.2, 0.25) is 0 Å². The fourth-order valence-corrected chi connectivity index (χ4v) is 2.83. The molecule has 1 heterocycles. The first-order chi connectivity index (χ1) is 9.84. The quantitative estimate of drug-likeness (QED) is 0.727. The van der Waals surface area contributed by atoms with Gasteiger partial charge < -0.3 is 11.1 Å². The maximum atomic E-state index is 12.1. The molecule has 1 aliphatic rings. The Morgan fingerprint density at radius 3 is 2.38 bits per heavy atom. The van der Waals surface area contributed by atoms with E-state index in [9.17, 15) is 14.4 Å². The predicted molar refractivity (Wildman–Crippen MR) is 83.1 cm³/mol. The highest BCUT2D eigenvalue weighted by Crippen LogP contribution is 2.24. The van der Waals surface area contributed by atoms with Gasteiger partial charge in [0.1, 0.15) is 16.4 Å². The maximum absolute atomic E-state index is 12.1. The minimum Gasteiger partial charge on any atom is -0.384 e. The van der Waals surface area contributed by atoms with Gasteiger partial charge in [-0.2, -0.15) is 0 Å². The summed E-state index contributed by atoms with van der Waals surface area (Å²) in [6.45, 7) is 0. The number of hydrogen-bond donors (Lipinski definition) is 2. The lowest BCUT2D eigenvalue weighted by Crippen LogP contribution is -2.45. The number of carbonyl (C=O) groups is 1. The zero-order valence-electron chi connectivity index (χ0n) is 12.0. The Morgan fingerprint density at radius 1 is 1.24 bits per heavy atom. The van der Waals surface area contributed by atoms with Crippen molar-refractivity contribution >= 4 is 28.9 Å². The van der Waals surface area contributed by atoms with Crippen LogP contribution in [0.4, 0.5) is 5.82 Å². The maximum Gasteiger partial charge on any atom is 0.332 e. The van der Waals surface area contributed by atoms with Crippen molar-refractivity contribution in [3.8, 4) is 0 Å². The molecule has 0 bridgehead atoms. The van der Waals surface area contributed by atoms with Crippen molar-refractivity contribution in [3.05, 3.63) is 26.4 Å². The molecular weight excluding hydrogens is 292 g/mol. The van der Waals surface area contributed by atoms with E-state index in [1.165, 1.54) is 14.1 Å². The van der Waals surface area contributed by atoms with Gasteiger partial charge in [-0.05, 0) is 12.8 Å². The van der Waals surface area contributed by atoms with Gasteiger partial charge in [0.15, 0.2) is 0 Å². The third-order valence-corrected chi connectivity index (χ3v) is 4.21. The summed E-state index contributed by atoms with van der Waals surface area (Å²) < 4.78 is 2.05. The van der Waals surface area contributed by atoms with Gasteiger partial charge in [0.2, 0.25) is 5.91 Å². The van der Waals surface area contributed by atoms with Gasteiger partial charge in [0.05, 0.1) is 0 Å². The predicted octanol–water partition coefficient (Wildman–Crippen LogP) is -0.352. The standard InChI is InChI=1S/C13H18N4O3S/c1-16-9(14)8(12(19)17(2)13(16)20)11(21)15-10(18)7-5-3-4-6-7/h7H,3-6,14H2,1-2H3,(H,15,18,21). The smallest absolute Gasteiger partial charge is 0.332 e. The molecule has 21 heavy (non-hydrogen) atoms. The lowest BCUT2D eigenvalue weighted by molar-refractivity contribution is -0.123. The van der Waals surface area contributed by atoms with Crippen LogP contribution in [0.1, 0.15) is 31.2 Å². The molecule has 0 unspecified atom stereocenters. The summed E-state index contributed by atoms with van der Waals surface area (Å²) in [5.74, 6) is -0.298. The van der Waals surface area contributed by atoms with E-state index in [1.807, 2.05) is 0 Å². The van der Waals surface area contributed by atoms with Crippen molar-refractivity contribution in [1.82, 2.24) is 14.5 Å². The molecule has 1 fully saturated rings. The third kappa shape index (κ3) is 2.76. The van der Waals surface area contributed by atoms with Gasteiger partial charge in [0, 0.05) is 20.0 Å². The van der Waals surface area contributed by atoms with E-state index in [0.29, 0.717) is 0 Å². The van der Waals surface area contributed by atoms with Crippen LogP contribution in [-0.2, 0) is 18.9 Å². The molecule has 0 aromatic carbocycles. The normalized spacial score (nSPS) is 15.1. The van der Waals surface area contributed by atoms with Gasteiger partial charge in [-0.3, -0.25) is 18.7 Å². The Bertz CT molecular complexity index is 713. The molecule has 0 saturated heterocycles. The number of thiocarbonyl (C=S) groups is 1. The van der Waals surface area contributed by atoms with E-state index < -0.39 is 11.2 Å². The number of nitrogens with two attached hydrogens (primary N) is 1. The lowest BCUT2D eigenvalue weighted by Gasteiger charge is -2.14. The summed E-state index contributed by atoms with van der Waals surface area (Å²) in [6, 6.07) is 0. The zero-order chi connectivity index (χ0) is 15.7. The van der Waals surface area contributed by atoms with Crippen molar-refractivity contribution < 1.29 is 4.79 Å². The van der Waals surface area contributed by atoms with E-state index in [4.69, 9.17) is 18.0 Å². The van der Waals surface area contributed by atoms with Crippen LogP contribution in [0.3, 0.4) is 0 Å². The van der Waals surface area contributed by atoms with Crippen LogP contribution in [-0.4, -0.2) is 20.0 Å². The van der Waals surface area contributed by atoms with E-state index in [0.717, 1.165) is 34.8 Å². The van der Waals surface area contributed by atoms with Gasteiger partial charge in [-0.25, -0.2) is 4.79 Å². The number of carbonyl (C=O) groups excluding carboxylic acids is 1. The first kappa shape index (κ1) is 15.4. The van der Waals surface area contributed by atoms with Crippen molar-refractivity contribution in [3.63, 3.8) is 0 Å². The van der Waals surface area contributed by atoms with Gasteiger partial charge in [-0.15, -0.1) is 0 Å². The first-order valence-corrected chi connectivity index (χ1v) is 7.16. The molecule has 1 amide bonds. The first-order valence-electron chi connectivity index (χ1n) is 6.75. The summed E-state index contributed by atoms with van der Waals surface area (Å²) in [6.07, 6.45) is 3.70. The van der Waals surface area contributed by atoms with Crippen molar-refractivity contribution in [1.29, 1.82) is 0 Å². The minimum absolute atomic E-state index is 0.0130. The molecule has 0 spiro atoms. The molecule has 0 aliphatic heterocycles. The third-order valence-electron chi connectivity index (χ3n) is 3.90. The molecule has 0 radical (unpaired) electrons. The van der Waals surface area contributed by atoms with E-state index in [2.05, 4.69) is 5.32 Å². The lowest BCUT2D eigenvalue weighted by atomic mass is 10.1. The van der Waals surface area contributed by atoms with E-state index in [1.54, 1.807) is 0 Å². The molecule has 3 N–H and O–H groups in total. The molecule has 1 aromatic heterocycles. The Hall–Kier alpha value is -1.96. The van der Waals surface area contributed by atoms with Gasteiger partial charge >= 0.3 is 5.69 Å². The van der Waals surface area contributed by atoms with Crippen LogP contribution < -0.4 is 22.3 Å². The number of amides is 1. The SMILES string of the molecule is Cn1c(N)c(C(=S)NC(=O)C2CCCC2)c(=O)n(C)c1=O. The molecule has 0 atom stereocenters. The van der Waals surface area contributed by atoms with Crippen LogP contribution in [0.5, 0.6) is 0 Å². The van der Waals surface area contributed by atoms with Gasteiger partial charge in [0.25, 0.3) is 5.56 Å². The number of aromatic nitrogens is 2. The largest absolute Gasteiger partial charge is 0.384 e. The topological polar surface area (TPSA) is 99.1 Å². The highest BCUT2D eigenvalue weighted by Gasteiger charge is 2.25. The van der Waals surface area contributed by atoms with Crippen LogP contribution in [0.15, 0.2) is 9.59 Å². The highest BCUT2D eigenvalue weighted by molar-refractivity contribution is 7.80. The molecule has 8 heteroatoms. The number of hydrogen-bond acceptors (Lipinski definition) is 5. The van der Waals surface area contributed by atoms with E-state index in [-0.39, 0.29) is 28.2 Å². The number of anilines is 1. The molecule has 2 rings (SSSR count). The minimum atomic E-state index is -0.604. The molecule has 1 saturated carbocycles. The second-order valence-corrected chi connectivity index (χ2v) is 5.67. The number of nitrogens with zero attached hydrogens (tertiary/aromatic N) is 2. The second kappa shape index (κ2) is 5.80. The molecule has 114 valence electrons. The van der Waals surface area contributed by atoms with Crippen molar-refractivity contribution in [2.24, 2.45) is 20.0 Å². The summed E-state index contributed by atoms with van der Waals surface area (Å²) in [7, 11) is 2.79. The molecular formula is C13H18N4O3S. The van der Waals surface area contributed by atoms with Crippen molar-refractivity contribution in [2.45, 2.75) is 25.7 Å². The monoisotopic (exact) mass is 310 g/mol.